The van der Waals surface area contributed by atoms with Gasteiger partial charge in [-0.3, -0.25) is 0 Å². The van der Waals surface area contributed by atoms with Crippen LogP contribution in [0.1, 0.15) is 106 Å². The molecule has 0 spiro atoms. The van der Waals surface area contributed by atoms with Crippen LogP contribution in [-0.4, -0.2) is 0 Å². The molecular formula is C22H50OTi2. The molecule has 0 saturated heterocycles. The van der Waals surface area contributed by atoms with Gasteiger partial charge in [0.1, 0.15) is 0 Å². The normalized spacial score (nSPS) is 12.7. The van der Waals surface area contributed by atoms with Crippen molar-refractivity contribution in [3.63, 3.8) is 0 Å². The molecule has 0 radical (unpaired) electrons. The molecule has 0 amide bonds. The van der Waals surface area contributed by atoms with Crippen LogP contribution in [0.2, 0.25) is 28.4 Å². The summed E-state index contributed by atoms with van der Waals surface area (Å²) in [6.07, 6.45) is 13.9. The molecule has 0 rings (SSSR count). The molecule has 0 aliphatic rings. The molecule has 0 aromatic heterocycles. The molecule has 0 aliphatic carbocycles. The fourth-order valence-corrected chi connectivity index (χ4v) is 27.8. The van der Waals surface area contributed by atoms with E-state index in [0.717, 1.165) is 0 Å². The quantitative estimate of drug-likeness (QED) is 0.157. The minimum absolute atomic E-state index is 1.35. The first-order chi connectivity index (χ1) is 12.1. The van der Waals surface area contributed by atoms with Crippen LogP contribution in [-0.2, 0) is 35.9 Å². The third kappa shape index (κ3) is 11.1. The van der Waals surface area contributed by atoms with Gasteiger partial charge in [-0.25, -0.2) is 0 Å². The van der Waals surface area contributed by atoms with Crippen molar-refractivity contribution >= 4 is 0 Å². The standard InChI is InChI=1S/2C5H11.4C3H7.O.2Ti/c2*1-3-5-4-2;4*1-3-2;;;/h2*1,3-5H2,2H3;4*1,3H2,2H3;;;. The van der Waals surface area contributed by atoms with Crippen molar-refractivity contribution in [1.29, 1.82) is 0 Å². The molecule has 0 aromatic rings. The van der Waals surface area contributed by atoms with Crippen LogP contribution in [0, 0.1) is 0 Å². The van der Waals surface area contributed by atoms with Crippen LogP contribution < -0.4 is 0 Å². The van der Waals surface area contributed by atoms with E-state index < -0.39 is 34.0 Å². The SMILES string of the molecule is CCCC[CH2][Ti]([CH2]CC)([CH2]CCCC)[O][Ti]([CH2]CC)([CH2]CC)[CH2]CC. The van der Waals surface area contributed by atoms with Crippen molar-refractivity contribution in [1.82, 2.24) is 0 Å². The average Bonchev–Trinajstić information content (AvgIpc) is 2.56. The molecule has 0 saturated carbocycles. The molecule has 25 heavy (non-hydrogen) atoms. The van der Waals surface area contributed by atoms with Gasteiger partial charge in [-0.15, -0.1) is 0 Å². The third-order valence-electron chi connectivity index (χ3n) is 5.73. The zero-order valence-electron chi connectivity index (χ0n) is 18.7. The molecule has 1 nitrogen and oxygen atoms in total. The van der Waals surface area contributed by atoms with E-state index in [-0.39, 0.29) is 0 Å². The van der Waals surface area contributed by atoms with Crippen LogP contribution >= 0.6 is 0 Å². The van der Waals surface area contributed by atoms with Gasteiger partial charge in [-0.1, -0.05) is 0 Å². The van der Waals surface area contributed by atoms with E-state index >= 15 is 0 Å². The molecule has 0 atom stereocenters. The molecular weight excluding hydrogens is 376 g/mol. The fourth-order valence-electron chi connectivity index (χ4n) is 4.73. The summed E-state index contributed by atoms with van der Waals surface area (Å²) in [5.74, 6) is 0. The van der Waals surface area contributed by atoms with Gasteiger partial charge < -0.3 is 0 Å². The topological polar surface area (TPSA) is 9.23 Å². The van der Waals surface area contributed by atoms with E-state index in [0.29, 0.717) is 0 Å². The Hall–Kier alpha value is 1.39. The van der Waals surface area contributed by atoms with Crippen LogP contribution in [0.15, 0.2) is 0 Å². The number of hydrogen-bond acceptors (Lipinski definition) is 1. The Morgan fingerprint density at radius 1 is 0.400 bits per heavy atom. The summed E-state index contributed by atoms with van der Waals surface area (Å²) in [4.78, 5) is 0. The Bertz CT molecular complexity index is 267. The summed E-state index contributed by atoms with van der Waals surface area (Å²) in [7, 11) is 0. The van der Waals surface area contributed by atoms with E-state index in [4.69, 9.17) is 1.90 Å². The second-order valence-corrected chi connectivity index (χ2v) is 22.1. The van der Waals surface area contributed by atoms with E-state index in [1.165, 1.54) is 92.6 Å². The Kier molecular flexibility index (Phi) is 17.3. The Morgan fingerprint density at radius 3 is 1.00 bits per heavy atom. The molecule has 152 valence electrons. The van der Waals surface area contributed by atoms with Gasteiger partial charge >= 0.3 is 170 Å². The third-order valence-corrected chi connectivity index (χ3v) is 25.4. The van der Waals surface area contributed by atoms with Gasteiger partial charge in [0, 0.05) is 0 Å². The first kappa shape index (κ1) is 26.4. The van der Waals surface area contributed by atoms with Crippen LogP contribution in [0.3, 0.4) is 0 Å². The maximum atomic E-state index is 7.66. The Balaban J connectivity index is 5.42. The molecule has 0 fully saturated rings. The average molecular weight is 426 g/mol. The van der Waals surface area contributed by atoms with Crippen molar-refractivity contribution in [2.24, 2.45) is 0 Å². The summed E-state index contributed by atoms with van der Waals surface area (Å²) in [5, 5.41) is 0. The second-order valence-electron chi connectivity index (χ2n) is 8.38. The van der Waals surface area contributed by atoms with Gasteiger partial charge in [0.25, 0.3) is 0 Å². The maximum absolute atomic E-state index is 7.66. The monoisotopic (exact) mass is 426 g/mol. The van der Waals surface area contributed by atoms with E-state index in [1.54, 1.807) is 0 Å². The molecule has 0 unspecified atom stereocenters. The summed E-state index contributed by atoms with van der Waals surface area (Å²) in [6, 6.07) is 0. The van der Waals surface area contributed by atoms with E-state index in [1.807, 2.05) is 0 Å². The predicted molar refractivity (Wildman–Crippen MR) is 110 cm³/mol. The van der Waals surface area contributed by atoms with Gasteiger partial charge in [-0.2, -0.15) is 0 Å². The van der Waals surface area contributed by atoms with Gasteiger partial charge in [-0.05, 0) is 0 Å². The van der Waals surface area contributed by atoms with Gasteiger partial charge in [0.2, 0.25) is 0 Å². The fraction of sp³-hybridized carbons (Fsp3) is 1.00. The summed E-state index contributed by atoms with van der Waals surface area (Å²) in [5.41, 5.74) is 0. The Morgan fingerprint density at radius 2 is 0.720 bits per heavy atom. The Labute approximate surface area is 169 Å². The molecule has 0 N–H and O–H groups in total. The number of unbranched alkanes of at least 4 members (excludes halogenated alkanes) is 4. The number of hydrogen-bond donors (Lipinski definition) is 0. The second kappa shape index (κ2) is 16.4. The van der Waals surface area contributed by atoms with Gasteiger partial charge in [0.15, 0.2) is 0 Å². The molecule has 3 heteroatoms. The van der Waals surface area contributed by atoms with Crippen molar-refractivity contribution in [2.45, 2.75) is 134 Å². The van der Waals surface area contributed by atoms with Crippen LogP contribution in [0.4, 0.5) is 0 Å². The summed E-state index contributed by atoms with van der Waals surface area (Å²) < 4.78 is 16.6. The minimum atomic E-state index is -2.15. The van der Waals surface area contributed by atoms with Crippen molar-refractivity contribution in [2.75, 3.05) is 0 Å². The zero-order valence-corrected chi connectivity index (χ0v) is 21.8. The van der Waals surface area contributed by atoms with Crippen LogP contribution in [0.25, 0.3) is 0 Å². The molecule has 0 aromatic carbocycles. The van der Waals surface area contributed by atoms with Crippen molar-refractivity contribution in [3.05, 3.63) is 0 Å². The molecule has 0 aliphatic heterocycles. The van der Waals surface area contributed by atoms with E-state index in [9.17, 15) is 0 Å². The molecule has 0 bridgehead atoms. The predicted octanol–water partition coefficient (Wildman–Crippen LogP) is 9.67. The number of rotatable bonds is 18. The molecule has 0 heterocycles. The van der Waals surface area contributed by atoms with Gasteiger partial charge in [0.05, 0.1) is 0 Å². The van der Waals surface area contributed by atoms with Crippen molar-refractivity contribution in [3.8, 4) is 0 Å². The summed E-state index contributed by atoms with van der Waals surface area (Å²) in [6.45, 7) is 14.3. The first-order valence-electron chi connectivity index (χ1n) is 11.8. The summed E-state index contributed by atoms with van der Waals surface area (Å²) >= 11 is -4.25. The van der Waals surface area contributed by atoms with Crippen LogP contribution in [0.5, 0.6) is 0 Å². The zero-order chi connectivity index (χ0) is 19.0. The van der Waals surface area contributed by atoms with Crippen molar-refractivity contribution < 1.29 is 35.9 Å². The van der Waals surface area contributed by atoms with E-state index in [2.05, 4.69) is 41.5 Å². The first-order valence-corrected chi connectivity index (χ1v) is 19.7.